The zero-order valence-electron chi connectivity index (χ0n) is 11.2. The van der Waals surface area contributed by atoms with Crippen LogP contribution in [0.5, 0.6) is 0 Å². The zero-order valence-corrected chi connectivity index (χ0v) is 12.7. The van der Waals surface area contributed by atoms with Gasteiger partial charge in [0, 0.05) is 6.54 Å². The first kappa shape index (κ1) is 16.3. The Morgan fingerprint density at radius 2 is 1.89 bits per heavy atom. The number of hydrogen-bond donors (Lipinski definition) is 2. The second-order valence-corrected chi connectivity index (χ2v) is 5.21. The molecule has 2 N–H and O–H groups in total. The van der Waals surface area contributed by atoms with Crippen molar-refractivity contribution < 1.29 is 9.90 Å². The van der Waals surface area contributed by atoms with Gasteiger partial charge < -0.3 is 10.4 Å². The molecular formula is C14H19Cl2NO2. The monoisotopic (exact) mass is 303 g/mol. The van der Waals surface area contributed by atoms with Gasteiger partial charge in [-0.25, -0.2) is 0 Å². The molecule has 1 aromatic carbocycles. The van der Waals surface area contributed by atoms with Crippen molar-refractivity contribution in [2.45, 2.75) is 32.1 Å². The smallest absolute Gasteiger partial charge is 0.230 e. The van der Waals surface area contributed by atoms with Gasteiger partial charge in [-0.2, -0.15) is 0 Å². The van der Waals surface area contributed by atoms with E-state index in [2.05, 4.69) is 5.32 Å². The van der Waals surface area contributed by atoms with Gasteiger partial charge in [-0.3, -0.25) is 4.79 Å². The largest absolute Gasteiger partial charge is 0.395 e. The third-order valence-electron chi connectivity index (χ3n) is 3.51. The Hall–Kier alpha value is -0.770. The van der Waals surface area contributed by atoms with Gasteiger partial charge in [0.1, 0.15) is 0 Å². The fourth-order valence-electron chi connectivity index (χ4n) is 2.24. The Balaban J connectivity index is 3.17. The van der Waals surface area contributed by atoms with E-state index in [9.17, 15) is 4.79 Å². The molecule has 5 heteroatoms. The molecule has 0 heterocycles. The van der Waals surface area contributed by atoms with E-state index >= 15 is 0 Å². The standard InChI is InChI=1S/C14H19Cl2NO2/c1-3-14(4-2,13(19)17-7-8-18)10-5-6-11(15)12(16)9-10/h5-6,9,18H,3-4,7-8H2,1-2H3,(H,17,19). The summed E-state index contributed by atoms with van der Waals surface area (Å²) in [6.45, 7) is 4.10. The molecule has 3 nitrogen and oxygen atoms in total. The third-order valence-corrected chi connectivity index (χ3v) is 4.25. The average molecular weight is 304 g/mol. The maximum absolute atomic E-state index is 12.4. The van der Waals surface area contributed by atoms with Crippen molar-refractivity contribution in [3.8, 4) is 0 Å². The molecule has 0 radical (unpaired) electrons. The van der Waals surface area contributed by atoms with E-state index in [0.717, 1.165) is 5.56 Å². The van der Waals surface area contributed by atoms with E-state index in [-0.39, 0.29) is 19.1 Å². The lowest BCUT2D eigenvalue weighted by atomic mass is 9.75. The van der Waals surface area contributed by atoms with Crippen LogP contribution >= 0.6 is 23.2 Å². The molecule has 0 bridgehead atoms. The van der Waals surface area contributed by atoms with E-state index in [1.807, 2.05) is 19.9 Å². The van der Waals surface area contributed by atoms with Gasteiger partial charge in [-0.05, 0) is 30.5 Å². The normalized spacial score (nSPS) is 11.4. The summed E-state index contributed by atoms with van der Waals surface area (Å²) >= 11 is 12.0. The second kappa shape index (κ2) is 7.13. The third kappa shape index (κ3) is 3.41. The number of hydrogen-bond acceptors (Lipinski definition) is 2. The number of rotatable bonds is 6. The van der Waals surface area contributed by atoms with Crippen LogP contribution in [-0.4, -0.2) is 24.2 Å². The predicted octanol–water partition coefficient (Wildman–Crippen LogP) is 3.16. The Morgan fingerprint density at radius 1 is 1.26 bits per heavy atom. The number of benzene rings is 1. The summed E-state index contributed by atoms with van der Waals surface area (Å²) in [5, 5.41) is 12.5. The summed E-state index contributed by atoms with van der Waals surface area (Å²) in [6, 6.07) is 5.29. The summed E-state index contributed by atoms with van der Waals surface area (Å²) in [5.74, 6) is -0.0926. The van der Waals surface area contributed by atoms with Gasteiger partial charge in [-0.15, -0.1) is 0 Å². The van der Waals surface area contributed by atoms with Crippen LogP contribution in [0.2, 0.25) is 10.0 Å². The quantitative estimate of drug-likeness (QED) is 0.848. The minimum absolute atomic E-state index is 0.0728. The van der Waals surface area contributed by atoms with E-state index in [1.54, 1.807) is 12.1 Å². The molecule has 0 aromatic heterocycles. The van der Waals surface area contributed by atoms with Crippen molar-refractivity contribution >= 4 is 29.1 Å². The Morgan fingerprint density at radius 3 is 2.37 bits per heavy atom. The minimum atomic E-state index is -0.636. The van der Waals surface area contributed by atoms with Crippen molar-refractivity contribution in [2.24, 2.45) is 0 Å². The molecule has 0 saturated heterocycles. The maximum atomic E-state index is 12.4. The van der Waals surface area contributed by atoms with Gasteiger partial charge in [0.15, 0.2) is 0 Å². The number of aliphatic hydroxyl groups excluding tert-OH is 1. The first-order valence-corrected chi connectivity index (χ1v) is 7.12. The first-order valence-electron chi connectivity index (χ1n) is 6.36. The van der Waals surface area contributed by atoms with Crippen LogP contribution in [0.15, 0.2) is 18.2 Å². The number of halogens is 2. The predicted molar refractivity (Wildman–Crippen MR) is 78.8 cm³/mol. The summed E-state index contributed by atoms with van der Waals surface area (Å²) in [7, 11) is 0. The van der Waals surface area contributed by atoms with E-state index < -0.39 is 5.41 Å². The zero-order chi connectivity index (χ0) is 14.5. The number of carbonyl (C=O) groups excluding carboxylic acids is 1. The van der Waals surface area contributed by atoms with Crippen molar-refractivity contribution in [2.75, 3.05) is 13.2 Å². The van der Waals surface area contributed by atoms with Gasteiger partial charge in [0.2, 0.25) is 5.91 Å². The topological polar surface area (TPSA) is 49.3 Å². The Kier molecular flexibility index (Phi) is 6.11. The molecule has 1 aromatic rings. The minimum Gasteiger partial charge on any atom is -0.395 e. The van der Waals surface area contributed by atoms with Gasteiger partial charge in [0.05, 0.1) is 22.1 Å². The van der Waals surface area contributed by atoms with Gasteiger partial charge >= 0.3 is 0 Å². The lowest BCUT2D eigenvalue weighted by molar-refractivity contribution is -0.127. The SMILES string of the molecule is CCC(CC)(C(=O)NCCO)c1ccc(Cl)c(Cl)c1. The van der Waals surface area contributed by atoms with Crippen LogP contribution in [0.4, 0.5) is 0 Å². The summed E-state index contributed by atoms with van der Waals surface area (Å²) in [4.78, 5) is 12.4. The highest BCUT2D eigenvalue weighted by Gasteiger charge is 2.36. The number of carbonyl (C=O) groups is 1. The molecule has 0 aliphatic carbocycles. The number of aliphatic hydroxyl groups is 1. The Bertz CT molecular complexity index is 445. The molecule has 0 saturated carbocycles. The lowest BCUT2D eigenvalue weighted by Gasteiger charge is -2.31. The molecule has 106 valence electrons. The fraction of sp³-hybridized carbons (Fsp3) is 0.500. The summed E-state index contributed by atoms with van der Waals surface area (Å²) in [6.07, 6.45) is 1.30. The molecule has 0 unspecified atom stereocenters. The van der Waals surface area contributed by atoms with Gasteiger partial charge in [0.25, 0.3) is 0 Å². The van der Waals surface area contributed by atoms with E-state index in [0.29, 0.717) is 22.9 Å². The van der Waals surface area contributed by atoms with Crippen LogP contribution in [0.3, 0.4) is 0 Å². The molecule has 0 spiro atoms. The number of amides is 1. The van der Waals surface area contributed by atoms with Crippen molar-refractivity contribution in [3.05, 3.63) is 33.8 Å². The molecule has 0 fully saturated rings. The highest BCUT2D eigenvalue weighted by atomic mass is 35.5. The highest BCUT2D eigenvalue weighted by Crippen LogP contribution is 2.35. The van der Waals surface area contributed by atoms with Crippen molar-refractivity contribution in [1.29, 1.82) is 0 Å². The summed E-state index contributed by atoms with van der Waals surface area (Å²) in [5.41, 5.74) is 0.214. The highest BCUT2D eigenvalue weighted by molar-refractivity contribution is 6.42. The molecule has 0 atom stereocenters. The molecule has 1 amide bonds. The molecule has 19 heavy (non-hydrogen) atoms. The van der Waals surface area contributed by atoms with E-state index in [4.69, 9.17) is 28.3 Å². The lowest BCUT2D eigenvalue weighted by Crippen LogP contribution is -2.44. The first-order chi connectivity index (χ1) is 9.01. The van der Waals surface area contributed by atoms with Crippen LogP contribution in [0, 0.1) is 0 Å². The van der Waals surface area contributed by atoms with Crippen LogP contribution in [0.1, 0.15) is 32.3 Å². The molecule has 0 aliphatic rings. The van der Waals surface area contributed by atoms with Crippen molar-refractivity contribution in [3.63, 3.8) is 0 Å². The Labute approximate surface area is 123 Å². The summed E-state index contributed by atoms with van der Waals surface area (Å²) < 4.78 is 0. The van der Waals surface area contributed by atoms with E-state index in [1.165, 1.54) is 0 Å². The number of nitrogens with one attached hydrogen (secondary N) is 1. The van der Waals surface area contributed by atoms with Gasteiger partial charge in [-0.1, -0.05) is 43.1 Å². The molecule has 1 rings (SSSR count). The average Bonchev–Trinajstić information content (AvgIpc) is 2.42. The second-order valence-electron chi connectivity index (χ2n) is 4.40. The van der Waals surface area contributed by atoms with Crippen molar-refractivity contribution in [1.82, 2.24) is 5.32 Å². The molecule has 0 aliphatic heterocycles. The van der Waals surface area contributed by atoms with Crippen LogP contribution in [-0.2, 0) is 10.2 Å². The fourth-order valence-corrected chi connectivity index (χ4v) is 2.54. The van der Waals surface area contributed by atoms with Crippen LogP contribution < -0.4 is 5.32 Å². The van der Waals surface area contributed by atoms with Crippen LogP contribution in [0.25, 0.3) is 0 Å². The molecular weight excluding hydrogens is 285 g/mol. The maximum Gasteiger partial charge on any atom is 0.230 e.